The summed E-state index contributed by atoms with van der Waals surface area (Å²) in [6.07, 6.45) is 2.42. The molecule has 0 radical (unpaired) electrons. The number of thiophene rings is 1. The van der Waals surface area contributed by atoms with Gasteiger partial charge in [-0.15, -0.1) is 11.3 Å². The van der Waals surface area contributed by atoms with Gasteiger partial charge in [-0.1, -0.05) is 31.5 Å². The van der Waals surface area contributed by atoms with E-state index in [1.54, 1.807) is 0 Å². The topological polar surface area (TPSA) is 12.0 Å². The number of fused-ring (bicyclic) bond motifs is 1. The average molecular weight is 219 g/mol. The maximum absolute atomic E-state index is 3.41. The van der Waals surface area contributed by atoms with Crippen molar-refractivity contribution in [1.82, 2.24) is 5.32 Å². The second-order valence-corrected chi connectivity index (χ2v) is 4.73. The Labute approximate surface area is 95.1 Å². The fourth-order valence-corrected chi connectivity index (χ4v) is 3.00. The van der Waals surface area contributed by atoms with E-state index in [-0.39, 0.29) is 0 Å². The van der Waals surface area contributed by atoms with Crippen LogP contribution in [-0.4, -0.2) is 7.05 Å². The Balaban J connectivity index is 2.44. The van der Waals surface area contributed by atoms with E-state index in [1.165, 1.54) is 28.5 Å². The lowest BCUT2D eigenvalue weighted by Gasteiger charge is -2.16. The Morgan fingerprint density at radius 3 is 2.93 bits per heavy atom. The maximum atomic E-state index is 3.41. The van der Waals surface area contributed by atoms with E-state index in [1.807, 2.05) is 18.4 Å². The molecule has 0 aliphatic heterocycles. The highest BCUT2D eigenvalue weighted by molar-refractivity contribution is 7.17. The molecule has 0 aliphatic carbocycles. The zero-order valence-corrected chi connectivity index (χ0v) is 10.1. The summed E-state index contributed by atoms with van der Waals surface area (Å²) in [5, 5.41) is 6.95. The van der Waals surface area contributed by atoms with Gasteiger partial charge in [0, 0.05) is 10.7 Å². The first-order chi connectivity index (χ1) is 7.36. The predicted molar refractivity (Wildman–Crippen MR) is 68.5 cm³/mol. The first kappa shape index (κ1) is 10.7. The number of benzene rings is 1. The third kappa shape index (κ3) is 2.06. The minimum atomic E-state index is 0.498. The number of rotatable bonds is 4. The molecule has 1 N–H and O–H groups in total. The van der Waals surface area contributed by atoms with Crippen LogP contribution in [0.5, 0.6) is 0 Å². The first-order valence-electron chi connectivity index (χ1n) is 5.50. The lowest BCUT2D eigenvalue weighted by molar-refractivity contribution is 0.545. The Kier molecular flexibility index (Phi) is 3.39. The summed E-state index contributed by atoms with van der Waals surface area (Å²) in [5.41, 5.74) is 1.45. The minimum Gasteiger partial charge on any atom is -0.313 e. The quantitative estimate of drug-likeness (QED) is 0.820. The van der Waals surface area contributed by atoms with Crippen LogP contribution < -0.4 is 5.32 Å². The molecule has 1 unspecified atom stereocenters. The number of hydrogen-bond donors (Lipinski definition) is 1. The Bertz CT molecular complexity index is 433. The molecule has 0 saturated carbocycles. The van der Waals surface area contributed by atoms with Gasteiger partial charge in [-0.25, -0.2) is 0 Å². The summed E-state index contributed by atoms with van der Waals surface area (Å²) < 4.78 is 1.44. The largest absolute Gasteiger partial charge is 0.313 e. The minimum absolute atomic E-state index is 0.498. The van der Waals surface area contributed by atoms with Gasteiger partial charge >= 0.3 is 0 Å². The van der Waals surface area contributed by atoms with E-state index in [0.717, 1.165) is 0 Å². The molecular weight excluding hydrogens is 202 g/mol. The molecule has 1 atom stereocenters. The zero-order valence-electron chi connectivity index (χ0n) is 9.29. The predicted octanol–water partition coefficient (Wildman–Crippen LogP) is 3.96. The zero-order chi connectivity index (χ0) is 10.7. The van der Waals surface area contributed by atoms with Crippen molar-refractivity contribution in [3.05, 3.63) is 35.2 Å². The summed E-state index contributed by atoms with van der Waals surface area (Å²) in [5.74, 6) is 0. The molecule has 0 amide bonds. The maximum Gasteiger partial charge on any atom is 0.0390 e. The van der Waals surface area contributed by atoms with Gasteiger partial charge in [-0.2, -0.15) is 0 Å². The second kappa shape index (κ2) is 4.77. The SMILES string of the molecule is CCCC(NC)c1cccc2ccsc12. The molecule has 0 spiro atoms. The van der Waals surface area contributed by atoms with E-state index in [9.17, 15) is 0 Å². The van der Waals surface area contributed by atoms with Gasteiger partial charge in [-0.05, 0) is 35.9 Å². The molecule has 2 heteroatoms. The summed E-state index contributed by atoms with van der Waals surface area (Å²) >= 11 is 1.84. The highest BCUT2D eigenvalue weighted by Crippen LogP contribution is 2.30. The van der Waals surface area contributed by atoms with Crippen molar-refractivity contribution in [2.24, 2.45) is 0 Å². The summed E-state index contributed by atoms with van der Waals surface area (Å²) in [6.45, 7) is 2.24. The highest BCUT2D eigenvalue weighted by atomic mass is 32.1. The molecule has 1 aromatic carbocycles. The van der Waals surface area contributed by atoms with Crippen LogP contribution in [-0.2, 0) is 0 Å². The average Bonchev–Trinajstić information content (AvgIpc) is 2.73. The number of nitrogens with one attached hydrogen (secondary N) is 1. The third-order valence-electron chi connectivity index (χ3n) is 2.81. The van der Waals surface area contributed by atoms with E-state index >= 15 is 0 Å². The summed E-state index contributed by atoms with van der Waals surface area (Å²) in [4.78, 5) is 0. The van der Waals surface area contributed by atoms with Crippen LogP contribution in [0, 0.1) is 0 Å². The normalized spacial score (nSPS) is 13.2. The van der Waals surface area contributed by atoms with Crippen molar-refractivity contribution in [2.75, 3.05) is 7.05 Å². The van der Waals surface area contributed by atoms with Gasteiger partial charge < -0.3 is 5.32 Å². The van der Waals surface area contributed by atoms with E-state index in [0.29, 0.717) is 6.04 Å². The molecule has 0 saturated heterocycles. The van der Waals surface area contributed by atoms with Crippen LogP contribution in [0.4, 0.5) is 0 Å². The highest BCUT2D eigenvalue weighted by Gasteiger charge is 2.11. The standard InChI is InChI=1S/C13H17NS/c1-3-5-12(14-2)11-7-4-6-10-8-9-15-13(10)11/h4,6-9,12,14H,3,5H2,1-2H3. The van der Waals surface area contributed by atoms with E-state index < -0.39 is 0 Å². The Morgan fingerprint density at radius 1 is 1.33 bits per heavy atom. The smallest absolute Gasteiger partial charge is 0.0390 e. The van der Waals surface area contributed by atoms with Crippen LogP contribution in [0.1, 0.15) is 31.4 Å². The van der Waals surface area contributed by atoms with Crippen LogP contribution in [0.15, 0.2) is 29.6 Å². The van der Waals surface area contributed by atoms with Gasteiger partial charge in [0.1, 0.15) is 0 Å². The van der Waals surface area contributed by atoms with Gasteiger partial charge in [0.05, 0.1) is 0 Å². The van der Waals surface area contributed by atoms with Gasteiger partial charge in [0.15, 0.2) is 0 Å². The molecular formula is C13H17NS. The van der Waals surface area contributed by atoms with Gasteiger partial charge in [0.2, 0.25) is 0 Å². The van der Waals surface area contributed by atoms with Crippen molar-refractivity contribution in [1.29, 1.82) is 0 Å². The molecule has 0 aliphatic rings. The van der Waals surface area contributed by atoms with E-state index in [2.05, 4.69) is 41.9 Å². The molecule has 1 heterocycles. The molecule has 80 valence electrons. The molecule has 1 aromatic heterocycles. The summed E-state index contributed by atoms with van der Waals surface area (Å²) in [7, 11) is 2.05. The third-order valence-corrected chi connectivity index (χ3v) is 3.79. The van der Waals surface area contributed by atoms with Crippen molar-refractivity contribution < 1.29 is 0 Å². The van der Waals surface area contributed by atoms with Crippen molar-refractivity contribution in [3.63, 3.8) is 0 Å². The summed E-state index contributed by atoms with van der Waals surface area (Å²) in [6, 6.07) is 9.29. The van der Waals surface area contributed by atoms with Gasteiger partial charge in [0.25, 0.3) is 0 Å². The molecule has 0 fully saturated rings. The molecule has 0 bridgehead atoms. The van der Waals surface area contributed by atoms with Crippen molar-refractivity contribution >= 4 is 21.4 Å². The van der Waals surface area contributed by atoms with Gasteiger partial charge in [-0.3, -0.25) is 0 Å². The number of hydrogen-bond acceptors (Lipinski definition) is 2. The lowest BCUT2D eigenvalue weighted by atomic mass is 10.0. The van der Waals surface area contributed by atoms with Crippen molar-refractivity contribution in [2.45, 2.75) is 25.8 Å². The monoisotopic (exact) mass is 219 g/mol. The first-order valence-corrected chi connectivity index (χ1v) is 6.38. The van der Waals surface area contributed by atoms with Crippen molar-refractivity contribution in [3.8, 4) is 0 Å². The Hall–Kier alpha value is -0.860. The second-order valence-electron chi connectivity index (χ2n) is 3.82. The van der Waals surface area contributed by atoms with Crippen LogP contribution in [0.25, 0.3) is 10.1 Å². The fraction of sp³-hybridized carbons (Fsp3) is 0.385. The fourth-order valence-electron chi connectivity index (χ4n) is 2.03. The van der Waals surface area contributed by atoms with E-state index in [4.69, 9.17) is 0 Å². The molecule has 1 nitrogen and oxygen atoms in total. The molecule has 2 rings (SSSR count). The molecule has 2 aromatic rings. The molecule has 15 heavy (non-hydrogen) atoms. The van der Waals surface area contributed by atoms with Crippen LogP contribution in [0.3, 0.4) is 0 Å². The Morgan fingerprint density at radius 2 is 2.20 bits per heavy atom. The van der Waals surface area contributed by atoms with Crippen LogP contribution in [0.2, 0.25) is 0 Å². The lowest BCUT2D eigenvalue weighted by Crippen LogP contribution is -2.15. The van der Waals surface area contributed by atoms with Crippen LogP contribution >= 0.6 is 11.3 Å².